The van der Waals surface area contributed by atoms with Gasteiger partial charge in [-0.05, 0) is 63.1 Å². The van der Waals surface area contributed by atoms with Crippen molar-refractivity contribution in [3.63, 3.8) is 0 Å². The summed E-state index contributed by atoms with van der Waals surface area (Å²) in [7, 11) is 1.76. The highest BCUT2D eigenvalue weighted by molar-refractivity contribution is 5.90. The highest BCUT2D eigenvalue weighted by Crippen LogP contribution is 2.22. The molecule has 2 aromatic rings. The van der Waals surface area contributed by atoms with Crippen LogP contribution in [0.4, 0.5) is 15.3 Å². The van der Waals surface area contributed by atoms with Crippen molar-refractivity contribution in [2.45, 2.75) is 45.6 Å². The Hall–Kier alpha value is -3.02. The van der Waals surface area contributed by atoms with Crippen molar-refractivity contribution in [1.82, 2.24) is 9.80 Å². The van der Waals surface area contributed by atoms with Crippen LogP contribution < -0.4 is 5.32 Å². The van der Waals surface area contributed by atoms with Crippen LogP contribution >= 0.6 is 0 Å². The molecule has 0 bridgehead atoms. The number of nitrogens with zero attached hydrogens (tertiary/aromatic N) is 2. The Balaban J connectivity index is 1.58. The van der Waals surface area contributed by atoms with Gasteiger partial charge in [0.05, 0.1) is 0 Å². The molecule has 0 spiro atoms. The van der Waals surface area contributed by atoms with Gasteiger partial charge in [-0.15, -0.1) is 0 Å². The fourth-order valence-corrected chi connectivity index (χ4v) is 4.01. The van der Waals surface area contributed by atoms with E-state index in [-0.39, 0.29) is 18.0 Å². The molecule has 0 aliphatic carbocycles. The molecule has 1 atom stereocenters. The van der Waals surface area contributed by atoms with Gasteiger partial charge in [0.15, 0.2) is 0 Å². The second-order valence-electron chi connectivity index (χ2n) is 9.56. The number of urea groups is 1. The molecule has 6 heteroatoms. The van der Waals surface area contributed by atoms with Crippen LogP contribution in [-0.2, 0) is 11.2 Å². The predicted molar refractivity (Wildman–Crippen MR) is 128 cm³/mol. The van der Waals surface area contributed by atoms with Crippen LogP contribution in [-0.4, -0.2) is 54.2 Å². The standard InChI is InChI=1S/C26H35N3O3/c1-26(2,3)32-25(31)28(4)18-21-13-10-16-29(19-21)24(30)27-23-15-9-8-14-22(23)17-20-11-6-5-7-12-20/h5-9,11-12,14-15,21H,10,13,16-19H2,1-4H3,(H,27,30). The number of carbonyl (C=O) groups excluding carboxylic acids is 2. The summed E-state index contributed by atoms with van der Waals surface area (Å²) in [5, 5.41) is 3.11. The lowest BCUT2D eigenvalue weighted by molar-refractivity contribution is 0.0253. The third kappa shape index (κ3) is 7.01. The average molecular weight is 438 g/mol. The Kier molecular flexibility index (Phi) is 7.78. The molecule has 1 saturated heterocycles. The second-order valence-corrected chi connectivity index (χ2v) is 9.56. The van der Waals surface area contributed by atoms with Crippen LogP contribution in [0.3, 0.4) is 0 Å². The van der Waals surface area contributed by atoms with E-state index in [1.54, 1.807) is 11.9 Å². The zero-order valence-corrected chi connectivity index (χ0v) is 19.6. The summed E-state index contributed by atoms with van der Waals surface area (Å²) in [6, 6.07) is 18.1. The number of anilines is 1. The zero-order chi connectivity index (χ0) is 23.1. The van der Waals surface area contributed by atoms with Crippen LogP contribution in [0.1, 0.15) is 44.7 Å². The van der Waals surface area contributed by atoms with Crippen LogP contribution in [0.15, 0.2) is 54.6 Å². The maximum Gasteiger partial charge on any atom is 0.410 e. The minimum absolute atomic E-state index is 0.0878. The fourth-order valence-electron chi connectivity index (χ4n) is 4.01. The van der Waals surface area contributed by atoms with Gasteiger partial charge in [-0.1, -0.05) is 48.5 Å². The average Bonchev–Trinajstić information content (AvgIpc) is 2.75. The quantitative estimate of drug-likeness (QED) is 0.682. The van der Waals surface area contributed by atoms with E-state index in [2.05, 4.69) is 23.5 Å². The molecular weight excluding hydrogens is 402 g/mol. The molecule has 0 saturated carbocycles. The molecule has 1 aliphatic heterocycles. The van der Waals surface area contributed by atoms with Crippen molar-refractivity contribution in [3.05, 3.63) is 65.7 Å². The van der Waals surface area contributed by atoms with Gasteiger partial charge in [-0.25, -0.2) is 9.59 Å². The van der Waals surface area contributed by atoms with Gasteiger partial charge in [0.2, 0.25) is 0 Å². The number of benzene rings is 2. The van der Waals surface area contributed by atoms with Gasteiger partial charge >= 0.3 is 12.1 Å². The molecule has 2 aromatic carbocycles. The lowest BCUT2D eigenvalue weighted by atomic mass is 9.98. The molecule has 1 aliphatic rings. The summed E-state index contributed by atoms with van der Waals surface area (Å²) < 4.78 is 5.45. The van der Waals surface area contributed by atoms with E-state index in [0.717, 1.165) is 37.1 Å². The number of amides is 3. The molecule has 1 N–H and O–H groups in total. The Bertz CT molecular complexity index is 908. The van der Waals surface area contributed by atoms with Crippen LogP contribution in [0, 0.1) is 5.92 Å². The first kappa shape index (κ1) is 23.6. The van der Waals surface area contributed by atoms with E-state index < -0.39 is 5.60 Å². The molecule has 1 fully saturated rings. The van der Waals surface area contributed by atoms with Crippen molar-refractivity contribution in [1.29, 1.82) is 0 Å². The summed E-state index contributed by atoms with van der Waals surface area (Å²) in [6.07, 6.45) is 2.35. The van der Waals surface area contributed by atoms with Crippen molar-refractivity contribution in [3.8, 4) is 0 Å². The van der Waals surface area contributed by atoms with E-state index in [4.69, 9.17) is 4.74 Å². The monoisotopic (exact) mass is 437 g/mol. The Morgan fingerprint density at radius 1 is 1.09 bits per heavy atom. The molecule has 0 radical (unpaired) electrons. The molecule has 172 valence electrons. The largest absolute Gasteiger partial charge is 0.444 e. The number of hydrogen-bond acceptors (Lipinski definition) is 3. The number of para-hydroxylation sites is 1. The first-order valence-electron chi connectivity index (χ1n) is 11.3. The smallest absolute Gasteiger partial charge is 0.410 e. The number of ether oxygens (including phenoxy) is 1. The first-order valence-corrected chi connectivity index (χ1v) is 11.3. The van der Waals surface area contributed by atoms with E-state index in [9.17, 15) is 9.59 Å². The first-order chi connectivity index (χ1) is 15.2. The lowest BCUT2D eigenvalue weighted by Crippen LogP contribution is -2.46. The van der Waals surface area contributed by atoms with Crippen molar-refractivity contribution in [2.75, 3.05) is 32.0 Å². The van der Waals surface area contributed by atoms with E-state index >= 15 is 0 Å². The highest BCUT2D eigenvalue weighted by Gasteiger charge is 2.27. The lowest BCUT2D eigenvalue weighted by Gasteiger charge is -2.35. The number of carbonyl (C=O) groups is 2. The number of nitrogens with one attached hydrogen (secondary N) is 1. The van der Waals surface area contributed by atoms with E-state index in [1.165, 1.54) is 5.56 Å². The molecular formula is C26H35N3O3. The van der Waals surface area contributed by atoms with Gasteiger partial charge in [0.25, 0.3) is 0 Å². The molecule has 32 heavy (non-hydrogen) atoms. The van der Waals surface area contributed by atoms with Crippen LogP contribution in [0.2, 0.25) is 0 Å². The van der Waals surface area contributed by atoms with Gasteiger partial charge in [-0.2, -0.15) is 0 Å². The van der Waals surface area contributed by atoms with E-state index in [0.29, 0.717) is 13.1 Å². The molecule has 0 aromatic heterocycles. The predicted octanol–water partition coefficient (Wildman–Crippen LogP) is 5.39. The topological polar surface area (TPSA) is 61.9 Å². The number of piperidine rings is 1. The Morgan fingerprint density at radius 2 is 1.78 bits per heavy atom. The van der Waals surface area contributed by atoms with Gasteiger partial charge < -0.3 is 19.9 Å². The summed E-state index contributed by atoms with van der Waals surface area (Å²) >= 11 is 0. The normalized spacial score (nSPS) is 16.4. The fraction of sp³-hybridized carbons (Fsp3) is 0.462. The molecule has 6 nitrogen and oxygen atoms in total. The molecule has 3 rings (SSSR count). The molecule has 1 heterocycles. The Morgan fingerprint density at radius 3 is 2.50 bits per heavy atom. The minimum atomic E-state index is -0.517. The number of rotatable bonds is 5. The molecule has 3 amide bonds. The second kappa shape index (κ2) is 10.5. The van der Waals surface area contributed by atoms with Gasteiger partial charge in [0.1, 0.15) is 5.60 Å². The maximum absolute atomic E-state index is 13.0. The SMILES string of the molecule is CN(CC1CCCN(C(=O)Nc2ccccc2Cc2ccccc2)C1)C(=O)OC(C)(C)C. The van der Waals surface area contributed by atoms with E-state index in [1.807, 2.05) is 62.1 Å². The van der Waals surface area contributed by atoms with Gasteiger partial charge in [0, 0.05) is 32.4 Å². The highest BCUT2D eigenvalue weighted by atomic mass is 16.6. The summed E-state index contributed by atoms with van der Waals surface area (Å²) in [4.78, 5) is 28.8. The Labute approximate surface area is 191 Å². The summed E-state index contributed by atoms with van der Waals surface area (Å²) in [6.45, 7) is 7.51. The van der Waals surface area contributed by atoms with Crippen molar-refractivity contribution >= 4 is 17.8 Å². The number of hydrogen-bond donors (Lipinski definition) is 1. The third-order valence-corrected chi connectivity index (χ3v) is 5.54. The number of likely N-dealkylation sites (tertiary alicyclic amines) is 1. The molecule has 1 unspecified atom stereocenters. The third-order valence-electron chi connectivity index (χ3n) is 5.54. The van der Waals surface area contributed by atoms with Crippen LogP contribution in [0.25, 0.3) is 0 Å². The van der Waals surface area contributed by atoms with Crippen molar-refractivity contribution in [2.24, 2.45) is 5.92 Å². The summed E-state index contributed by atoms with van der Waals surface area (Å²) in [5.41, 5.74) is 2.62. The minimum Gasteiger partial charge on any atom is -0.444 e. The van der Waals surface area contributed by atoms with Crippen molar-refractivity contribution < 1.29 is 14.3 Å². The van der Waals surface area contributed by atoms with Crippen LogP contribution in [0.5, 0.6) is 0 Å². The summed E-state index contributed by atoms with van der Waals surface area (Å²) in [5.74, 6) is 0.228. The maximum atomic E-state index is 13.0. The van der Waals surface area contributed by atoms with Gasteiger partial charge in [-0.3, -0.25) is 0 Å². The zero-order valence-electron chi connectivity index (χ0n) is 19.6.